The lowest BCUT2D eigenvalue weighted by molar-refractivity contribution is -0.129. The number of thioether (sulfide) groups is 1. The lowest BCUT2D eigenvalue weighted by atomic mass is 10.4. The number of oxime groups is 1. The zero-order valence-corrected chi connectivity index (χ0v) is 10.4. The van der Waals surface area contributed by atoms with Crippen LogP contribution in [0.4, 0.5) is 0 Å². The molecule has 0 spiro atoms. The molecule has 0 bridgehead atoms. The Hall–Kier alpha value is -1.49. The fraction of sp³-hybridized carbons (Fsp3) is 0.333. The van der Waals surface area contributed by atoms with Gasteiger partial charge in [0.25, 0.3) is 0 Å². The van der Waals surface area contributed by atoms with Gasteiger partial charge in [-0.15, -0.1) is 11.8 Å². The first kappa shape index (κ1) is 13.6. The van der Waals surface area contributed by atoms with E-state index in [4.69, 9.17) is 9.94 Å². The first-order valence-electron chi connectivity index (χ1n) is 5.28. The molecule has 1 aromatic rings. The van der Waals surface area contributed by atoms with Crippen LogP contribution in [0.2, 0.25) is 0 Å². The molecule has 5 heteroatoms. The third-order valence-electron chi connectivity index (χ3n) is 1.90. The number of hydrogen-bond donors (Lipinski definition) is 1. The van der Waals surface area contributed by atoms with E-state index in [2.05, 4.69) is 17.3 Å². The van der Waals surface area contributed by atoms with Crippen LogP contribution in [0.1, 0.15) is 13.3 Å². The molecule has 0 aromatic heterocycles. The number of benzene rings is 1. The quantitative estimate of drug-likeness (QED) is 0.351. The van der Waals surface area contributed by atoms with Gasteiger partial charge in [0.1, 0.15) is 6.61 Å². The van der Waals surface area contributed by atoms with Crippen LogP contribution in [0.25, 0.3) is 0 Å². The van der Waals surface area contributed by atoms with Gasteiger partial charge in [-0.1, -0.05) is 23.4 Å². The number of carboxylic acid groups (broad SMARTS) is 1. The molecule has 0 aliphatic rings. The summed E-state index contributed by atoms with van der Waals surface area (Å²) in [6.45, 7) is 1.84. The molecule has 1 rings (SSSR count). The standard InChI is InChI=1S/C12H15NO3S/c1-10(12(14)15)13-16-8-5-9-17-11-6-3-2-4-7-11/h2-4,6-7H,5,8-9H2,1H3,(H,14,15)/b13-10+. The van der Waals surface area contributed by atoms with Crippen molar-refractivity contribution in [3.05, 3.63) is 30.3 Å². The Kier molecular flexibility index (Phi) is 6.17. The Morgan fingerprint density at radius 2 is 2.12 bits per heavy atom. The van der Waals surface area contributed by atoms with Gasteiger partial charge >= 0.3 is 5.97 Å². The minimum atomic E-state index is -1.05. The van der Waals surface area contributed by atoms with Crippen molar-refractivity contribution < 1.29 is 14.7 Å². The van der Waals surface area contributed by atoms with Crippen molar-refractivity contribution in [2.75, 3.05) is 12.4 Å². The molecular formula is C12H15NO3S. The third-order valence-corrected chi connectivity index (χ3v) is 3.00. The highest BCUT2D eigenvalue weighted by Gasteiger charge is 2.01. The fourth-order valence-corrected chi connectivity index (χ4v) is 1.86. The van der Waals surface area contributed by atoms with Crippen LogP contribution in [0, 0.1) is 0 Å². The first-order chi connectivity index (χ1) is 8.20. The zero-order valence-electron chi connectivity index (χ0n) is 9.63. The SMILES string of the molecule is C/C(=N\OCCCSc1ccccc1)C(=O)O. The Morgan fingerprint density at radius 1 is 1.41 bits per heavy atom. The molecule has 0 amide bonds. The number of nitrogens with zero attached hydrogens (tertiary/aromatic N) is 1. The van der Waals surface area contributed by atoms with Crippen molar-refractivity contribution in [3.63, 3.8) is 0 Å². The van der Waals surface area contributed by atoms with Gasteiger partial charge in [-0.2, -0.15) is 0 Å². The maximum absolute atomic E-state index is 10.4. The molecule has 1 aromatic carbocycles. The van der Waals surface area contributed by atoms with E-state index in [-0.39, 0.29) is 5.71 Å². The Bertz CT molecular complexity index is 379. The molecule has 0 saturated carbocycles. The molecule has 0 atom stereocenters. The van der Waals surface area contributed by atoms with Crippen LogP contribution in [-0.2, 0) is 9.63 Å². The number of hydrogen-bond acceptors (Lipinski definition) is 4. The van der Waals surface area contributed by atoms with Crippen LogP contribution in [0.15, 0.2) is 40.4 Å². The number of carbonyl (C=O) groups is 1. The Morgan fingerprint density at radius 3 is 2.76 bits per heavy atom. The van der Waals surface area contributed by atoms with E-state index < -0.39 is 5.97 Å². The van der Waals surface area contributed by atoms with Crippen LogP contribution >= 0.6 is 11.8 Å². The molecule has 92 valence electrons. The Balaban J connectivity index is 2.10. The molecule has 0 aliphatic carbocycles. The minimum Gasteiger partial charge on any atom is -0.477 e. The van der Waals surface area contributed by atoms with Gasteiger partial charge in [-0.25, -0.2) is 4.79 Å². The molecule has 1 N–H and O–H groups in total. The summed E-state index contributed by atoms with van der Waals surface area (Å²) in [5.74, 6) is -0.130. The van der Waals surface area contributed by atoms with E-state index in [1.165, 1.54) is 11.8 Å². The lowest BCUT2D eigenvalue weighted by Crippen LogP contribution is -2.08. The molecule has 0 radical (unpaired) electrons. The number of rotatable bonds is 7. The average Bonchev–Trinajstić information content (AvgIpc) is 2.34. The largest absolute Gasteiger partial charge is 0.477 e. The molecule has 17 heavy (non-hydrogen) atoms. The number of aliphatic carboxylic acids is 1. The van der Waals surface area contributed by atoms with Gasteiger partial charge in [-0.05, 0) is 25.5 Å². The van der Waals surface area contributed by atoms with E-state index in [0.29, 0.717) is 6.61 Å². The maximum Gasteiger partial charge on any atom is 0.353 e. The van der Waals surface area contributed by atoms with E-state index in [1.807, 2.05) is 18.2 Å². The average molecular weight is 253 g/mol. The third kappa shape index (κ3) is 5.97. The van der Waals surface area contributed by atoms with Crippen LogP contribution < -0.4 is 0 Å². The minimum absolute atomic E-state index is 0.0271. The van der Waals surface area contributed by atoms with Gasteiger partial charge in [0.2, 0.25) is 0 Å². The second-order valence-corrected chi connectivity index (χ2v) is 4.50. The van der Waals surface area contributed by atoms with Gasteiger partial charge in [0.15, 0.2) is 5.71 Å². The van der Waals surface area contributed by atoms with Crippen molar-refractivity contribution >= 4 is 23.4 Å². The van der Waals surface area contributed by atoms with Gasteiger partial charge < -0.3 is 9.94 Å². The van der Waals surface area contributed by atoms with Crippen LogP contribution in [0.3, 0.4) is 0 Å². The monoisotopic (exact) mass is 253 g/mol. The molecule has 4 nitrogen and oxygen atoms in total. The van der Waals surface area contributed by atoms with Crippen molar-refractivity contribution in [3.8, 4) is 0 Å². The predicted molar refractivity (Wildman–Crippen MR) is 68.5 cm³/mol. The highest BCUT2D eigenvalue weighted by atomic mass is 32.2. The van der Waals surface area contributed by atoms with Crippen molar-refractivity contribution in [2.45, 2.75) is 18.2 Å². The van der Waals surface area contributed by atoms with E-state index in [1.54, 1.807) is 11.8 Å². The summed E-state index contributed by atoms with van der Waals surface area (Å²) in [5, 5.41) is 12.0. The van der Waals surface area contributed by atoms with Crippen LogP contribution in [-0.4, -0.2) is 29.1 Å². The highest BCUT2D eigenvalue weighted by molar-refractivity contribution is 7.99. The topological polar surface area (TPSA) is 58.9 Å². The van der Waals surface area contributed by atoms with Gasteiger partial charge in [0, 0.05) is 10.6 Å². The van der Waals surface area contributed by atoms with Crippen molar-refractivity contribution in [1.29, 1.82) is 0 Å². The fourth-order valence-electron chi connectivity index (χ4n) is 1.01. The summed E-state index contributed by atoms with van der Waals surface area (Å²) in [5.41, 5.74) is -0.0271. The van der Waals surface area contributed by atoms with Crippen molar-refractivity contribution in [2.24, 2.45) is 5.16 Å². The lowest BCUT2D eigenvalue weighted by Gasteiger charge is -2.01. The normalized spacial score (nSPS) is 11.2. The summed E-state index contributed by atoms with van der Waals surface area (Å²) in [6.07, 6.45) is 0.829. The molecule has 0 saturated heterocycles. The zero-order chi connectivity index (χ0) is 12.5. The molecule has 0 heterocycles. The molecule has 0 aliphatic heterocycles. The van der Waals surface area contributed by atoms with E-state index in [9.17, 15) is 4.79 Å². The summed E-state index contributed by atoms with van der Waals surface area (Å²) in [4.78, 5) is 16.5. The predicted octanol–water partition coefficient (Wildman–Crippen LogP) is 2.65. The van der Waals surface area contributed by atoms with Gasteiger partial charge in [0.05, 0.1) is 0 Å². The summed E-state index contributed by atoms with van der Waals surface area (Å²) in [6, 6.07) is 10.1. The summed E-state index contributed by atoms with van der Waals surface area (Å²) in [7, 11) is 0. The smallest absolute Gasteiger partial charge is 0.353 e. The molecular weight excluding hydrogens is 238 g/mol. The summed E-state index contributed by atoms with van der Waals surface area (Å²) < 4.78 is 0. The van der Waals surface area contributed by atoms with E-state index >= 15 is 0 Å². The second kappa shape index (κ2) is 7.73. The van der Waals surface area contributed by atoms with E-state index in [0.717, 1.165) is 12.2 Å². The summed E-state index contributed by atoms with van der Waals surface area (Å²) >= 11 is 1.74. The van der Waals surface area contributed by atoms with Crippen LogP contribution in [0.5, 0.6) is 0 Å². The van der Waals surface area contributed by atoms with Crippen molar-refractivity contribution in [1.82, 2.24) is 0 Å². The van der Waals surface area contributed by atoms with Gasteiger partial charge in [-0.3, -0.25) is 0 Å². The highest BCUT2D eigenvalue weighted by Crippen LogP contribution is 2.17. The number of carboxylic acids is 1. The Labute approximate surface area is 105 Å². The maximum atomic E-state index is 10.4. The molecule has 0 fully saturated rings. The second-order valence-electron chi connectivity index (χ2n) is 3.33. The first-order valence-corrected chi connectivity index (χ1v) is 6.26. The molecule has 0 unspecified atom stereocenters.